The van der Waals surface area contributed by atoms with Crippen LogP contribution >= 0.6 is 0 Å². The van der Waals surface area contributed by atoms with Gasteiger partial charge in [-0.15, -0.1) is 0 Å². The molecule has 0 aliphatic heterocycles. The molecular formula is C48H34N4. The van der Waals surface area contributed by atoms with Crippen LogP contribution in [0.15, 0.2) is 206 Å². The molecule has 0 N–H and O–H groups in total. The molecule has 0 spiro atoms. The van der Waals surface area contributed by atoms with Crippen molar-refractivity contribution < 1.29 is 0 Å². The molecule has 8 aromatic carbocycles. The van der Waals surface area contributed by atoms with E-state index in [4.69, 9.17) is 9.97 Å². The van der Waals surface area contributed by atoms with Crippen molar-refractivity contribution in [2.75, 3.05) is 9.80 Å². The van der Waals surface area contributed by atoms with Crippen LogP contribution in [0.1, 0.15) is 0 Å². The molecule has 0 aliphatic carbocycles. The maximum absolute atomic E-state index is 5.05. The van der Waals surface area contributed by atoms with Crippen LogP contribution in [0.25, 0.3) is 44.3 Å². The predicted molar refractivity (Wildman–Crippen MR) is 217 cm³/mol. The molecule has 0 saturated heterocycles. The largest absolute Gasteiger partial charge is 0.311 e. The van der Waals surface area contributed by atoms with Gasteiger partial charge in [0, 0.05) is 34.1 Å². The Hall–Kier alpha value is -7.04. The lowest BCUT2D eigenvalue weighted by molar-refractivity contribution is 1.28. The summed E-state index contributed by atoms with van der Waals surface area (Å²) in [6, 6.07) is 72.1. The van der Waals surface area contributed by atoms with Gasteiger partial charge in [0.25, 0.3) is 0 Å². The maximum atomic E-state index is 5.05. The summed E-state index contributed by atoms with van der Waals surface area (Å²) in [5.41, 5.74) is 14.5. The molecule has 0 radical (unpaired) electrons. The number of nitrogens with zero attached hydrogens (tertiary/aromatic N) is 4. The average molecular weight is 667 g/mol. The van der Waals surface area contributed by atoms with Gasteiger partial charge in [-0.05, 0) is 119 Å². The first-order valence-electron chi connectivity index (χ1n) is 17.5. The van der Waals surface area contributed by atoms with E-state index in [1.165, 1.54) is 0 Å². The third-order valence-electron chi connectivity index (χ3n) is 9.41. The van der Waals surface area contributed by atoms with Gasteiger partial charge in [0.1, 0.15) is 0 Å². The summed E-state index contributed by atoms with van der Waals surface area (Å²) in [6.07, 6.45) is 0. The van der Waals surface area contributed by atoms with Gasteiger partial charge >= 0.3 is 0 Å². The lowest BCUT2D eigenvalue weighted by atomic mass is 9.93. The molecule has 0 aliphatic rings. The first-order chi connectivity index (χ1) is 25.8. The Bertz CT molecular complexity index is 2330. The van der Waals surface area contributed by atoms with Gasteiger partial charge in [-0.2, -0.15) is 0 Å². The van der Waals surface area contributed by atoms with Crippen molar-refractivity contribution in [1.82, 2.24) is 9.97 Å². The van der Waals surface area contributed by atoms with Crippen molar-refractivity contribution in [3.63, 3.8) is 0 Å². The second-order valence-corrected chi connectivity index (χ2v) is 12.7. The van der Waals surface area contributed by atoms with Crippen LogP contribution < -0.4 is 9.80 Å². The van der Waals surface area contributed by atoms with E-state index < -0.39 is 0 Å². The zero-order chi connectivity index (χ0) is 34.7. The first kappa shape index (κ1) is 31.0. The average Bonchev–Trinajstić information content (AvgIpc) is 3.22. The molecule has 52 heavy (non-hydrogen) atoms. The van der Waals surface area contributed by atoms with Crippen LogP contribution in [0.2, 0.25) is 0 Å². The van der Waals surface area contributed by atoms with Crippen LogP contribution in [0.3, 0.4) is 0 Å². The van der Waals surface area contributed by atoms with E-state index in [1.54, 1.807) is 0 Å². The molecule has 9 aromatic rings. The molecule has 0 saturated carbocycles. The Balaban J connectivity index is 1.16. The lowest BCUT2D eigenvalue weighted by Crippen LogP contribution is -2.09. The maximum Gasteiger partial charge on any atom is 0.0901 e. The van der Waals surface area contributed by atoms with Crippen molar-refractivity contribution in [2.45, 2.75) is 0 Å². The highest BCUT2D eigenvalue weighted by molar-refractivity contribution is 5.97. The van der Waals surface area contributed by atoms with E-state index in [1.807, 2.05) is 24.3 Å². The molecule has 4 heteroatoms. The molecule has 0 unspecified atom stereocenters. The second kappa shape index (κ2) is 13.7. The molecule has 4 nitrogen and oxygen atoms in total. The normalized spacial score (nSPS) is 11.1. The predicted octanol–water partition coefficient (Wildman–Crippen LogP) is 13.1. The SMILES string of the molecule is c1ccc(N(c2ccccc2)c2ccc(-c3cc4nc5ccccc5nc4cc3-c3ccc(N(c4ccccc4)c4ccccc4)cc3)cc2)cc1. The number of hydrogen-bond acceptors (Lipinski definition) is 4. The zero-order valence-electron chi connectivity index (χ0n) is 28.4. The summed E-state index contributed by atoms with van der Waals surface area (Å²) in [6.45, 7) is 0. The number of aromatic nitrogens is 2. The van der Waals surface area contributed by atoms with E-state index in [2.05, 4.69) is 192 Å². The van der Waals surface area contributed by atoms with Crippen molar-refractivity contribution in [2.24, 2.45) is 0 Å². The lowest BCUT2D eigenvalue weighted by Gasteiger charge is -2.26. The minimum absolute atomic E-state index is 0.868. The van der Waals surface area contributed by atoms with E-state index in [0.29, 0.717) is 0 Å². The highest BCUT2D eigenvalue weighted by Crippen LogP contribution is 2.41. The molecule has 9 rings (SSSR count). The Morgan fingerprint density at radius 3 is 0.827 bits per heavy atom. The fourth-order valence-electron chi connectivity index (χ4n) is 6.93. The topological polar surface area (TPSA) is 32.3 Å². The van der Waals surface area contributed by atoms with Crippen LogP contribution in [0.5, 0.6) is 0 Å². The Kier molecular flexibility index (Phi) is 8.16. The summed E-state index contributed by atoms with van der Waals surface area (Å²) >= 11 is 0. The van der Waals surface area contributed by atoms with Gasteiger partial charge in [0.2, 0.25) is 0 Å². The van der Waals surface area contributed by atoms with E-state index in [0.717, 1.165) is 78.4 Å². The molecule has 0 bridgehead atoms. The third-order valence-corrected chi connectivity index (χ3v) is 9.41. The minimum atomic E-state index is 0.868. The molecule has 0 atom stereocenters. The van der Waals surface area contributed by atoms with Crippen LogP contribution in [0.4, 0.5) is 34.1 Å². The van der Waals surface area contributed by atoms with Crippen molar-refractivity contribution >= 4 is 56.2 Å². The number of benzene rings is 8. The zero-order valence-corrected chi connectivity index (χ0v) is 28.4. The number of para-hydroxylation sites is 6. The number of anilines is 6. The third kappa shape index (κ3) is 6.03. The van der Waals surface area contributed by atoms with E-state index in [9.17, 15) is 0 Å². The first-order valence-corrected chi connectivity index (χ1v) is 17.5. The van der Waals surface area contributed by atoms with Gasteiger partial charge in [0.15, 0.2) is 0 Å². The Morgan fingerprint density at radius 2 is 0.519 bits per heavy atom. The summed E-state index contributed by atoms with van der Waals surface area (Å²) in [4.78, 5) is 14.7. The van der Waals surface area contributed by atoms with Gasteiger partial charge in [0.05, 0.1) is 22.1 Å². The van der Waals surface area contributed by atoms with Gasteiger partial charge < -0.3 is 9.80 Å². The number of fused-ring (bicyclic) bond motifs is 2. The van der Waals surface area contributed by atoms with E-state index >= 15 is 0 Å². The summed E-state index contributed by atoms with van der Waals surface area (Å²) in [5, 5.41) is 0. The Morgan fingerprint density at radius 1 is 0.250 bits per heavy atom. The van der Waals surface area contributed by atoms with Gasteiger partial charge in [-0.3, -0.25) is 0 Å². The fourth-order valence-corrected chi connectivity index (χ4v) is 6.93. The van der Waals surface area contributed by atoms with Crippen LogP contribution in [0, 0.1) is 0 Å². The smallest absolute Gasteiger partial charge is 0.0901 e. The van der Waals surface area contributed by atoms with Crippen LogP contribution in [-0.4, -0.2) is 9.97 Å². The van der Waals surface area contributed by atoms with Crippen LogP contribution in [-0.2, 0) is 0 Å². The molecule has 1 aromatic heterocycles. The van der Waals surface area contributed by atoms with Gasteiger partial charge in [-0.25, -0.2) is 9.97 Å². The number of hydrogen-bond donors (Lipinski definition) is 0. The summed E-state index contributed by atoms with van der Waals surface area (Å²) < 4.78 is 0. The molecule has 246 valence electrons. The number of rotatable bonds is 8. The fraction of sp³-hybridized carbons (Fsp3) is 0. The van der Waals surface area contributed by atoms with Crippen molar-refractivity contribution in [1.29, 1.82) is 0 Å². The van der Waals surface area contributed by atoms with Crippen molar-refractivity contribution in [3.8, 4) is 22.3 Å². The molecule has 0 fully saturated rings. The molecular weight excluding hydrogens is 633 g/mol. The summed E-state index contributed by atoms with van der Waals surface area (Å²) in [7, 11) is 0. The quantitative estimate of drug-likeness (QED) is 0.151. The highest BCUT2D eigenvalue weighted by atomic mass is 15.1. The van der Waals surface area contributed by atoms with E-state index in [-0.39, 0.29) is 0 Å². The second-order valence-electron chi connectivity index (χ2n) is 12.7. The van der Waals surface area contributed by atoms with Gasteiger partial charge in [-0.1, -0.05) is 109 Å². The minimum Gasteiger partial charge on any atom is -0.311 e. The monoisotopic (exact) mass is 666 g/mol. The Labute approximate surface area is 303 Å². The standard InChI is InChI=1S/C48H34N4/c1-5-15-37(16-6-1)51(38-17-7-2-8-18-38)41-29-25-35(26-30-41)43-33-47-48(50-46-24-14-13-23-45(46)49-47)34-44(43)36-27-31-42(32-28-36)52(39-19-9-3-10-20-39)40-21-11-4-12-22-40/h1-34H. The molecule has 1 heterocycles. The summed E-state index contributed by atoms with van der Waals surface area (Å²) in [5.74, 6) is 0. The van der Waals surface area contributed by atoms with Crippen molar-refractivity contribution in [3.05, 3.63) is 206 Å². The molecule has 0 amide bonds. The highest BCUT2D eigenvalue weighted by Gasteiger charge is 2.17.